The number of amides is 1. The van der Waals surface area contributed by atoms with Gasteiger partial charge in [0.05, 0.1) is 18.4 Å². The predicted octanol–water partition coefficient (Wildman–Crippen LogP) is 1.82. The summed E-state index contributed by atoms with van der Waals surface area (Å²) in [4.78, 5) is 25.3. The molecule has 1 N–H and O–H groups in total. The first-order valence-corrected chi connectivity index (χ1v) is 6.80. The molecule has 0 fully saturated rings. The van der Waals surface area contributed by atoms with E-state index in [1.807, 2.05) is 31.1 Å². The molecule has 1 aromatic carbocycles. The van der Waals surface area contributed by atoms with E-state index in [0.717, 1.165) is 5.69 Å². The largest absolute Gasteiger partial charge is 0.467 e. The third-order valence-electron chi connectivity index (χ3n) is 2.99. The lowest BCUT2D eigenvalue weighted by Gasteiger charge is -2.12. The van der Waals surface area contributed by atoms with Crippen molar-refractivity contribution in [2.24, 2.45) is 0 Å². The summed E-state index contributed by atoms with van der Waals surface area (Å²) in [5, 5.41) is 2.60. The summed E-state index contributed by atoms with van der Waals surface area (Å²) < 4.78 is 10.0. The molecule has 0 aliphatic rings. The molecule has 0 aliphatic heterocycles. The number of furan rings is 1. The van der Waals surface area contributed by atoms with Crippen molar-refractivity contribution in [2.45, 2.75) is 6.54 Å². The molecule has 0 spiro atoms. The Morgan fingerprint density at radius 2 is 1.91 bits per heavy atom. The first-order chi connectivity index (χ1) is 10.6. The zero-order valence-corrected chi connectivity index (χ0v) is 12.5. The quantitative estimate of drug-likeness (QED) is 0.824. The first kappa shape index (κ1) is 15.6. The molecule has 0 radical (unpaired) electrons. The van der Waals surface area contributed by atoms with Crippen molar-refractivity contribution in [2.75, 3.05) is 25.6 Å². The highest BCUT2D eigenvalue weighted by atomic mass is 16.5. The third-order valence-corrected chi connectivity index (χ3v) is 2.99. The van der Waals surface area contributed by atoms with Crippen LogP contribution in [0.15, 0.2) is 47.1 Å². The average Bonchev–Trinajstić information content (AvgIpc) is 3.04. The number of anilines is 1. The smallest absolute Gasteiger partial charge is 0.338 e. The Kier molecular flexibility index (Phi) is 5.19. The molecule has 6 heteroatoms. The first-order valence-electron chi connectivity index (χ1n) is 6.80. The molecule has 0 unspecified atom stereocenters. The van der Waals surface area contributed by atoms with Gasteiger partial charge in [0.2, 0.25) is 0 Å². The van der Waals surface area contributed by atoms with Crippen molar-refractivity contribution in [3.8, 4) is 0 Å². The minimum Gasteiger partial charge on any atom is -0.467 e. The van der Waals surface area contributed by atoms with Crippen molar-refractivity contribution in [3.63, 3.8) is 0 Å². The third kappa shape index (κ3) is 4.37. The van der Waals surface area contributed by atoms with Gasteiger partial charge in [-0.3, -0.25) is 4.79 Å². The maximum absolute atomic E-state index is 11.8. The molecule has 6 nitrogen and oxygen atoms in total. The van der Waals surface area contributed by atoms with Crippen molar-refractivity contribution >= 4 is 17.6 Å². The standard InChI is InChI=1S/C16H18N2O4/c1-18(2)13-7-5-12(6-8-13)16(20)22-11-15(19)17-10-14-4-3-9-21-14/h3-9H,10-11H2,1-2H3,(H,17,19). The molecule has 22 heavy (non-hydrogen) atoms. The van der Waals surface area contributed by atoms with Crippen LogP contribution in [0.25, 0.3) is 0 Å². The van der Waals surface area contributed by atoms with E-state index < -0.39 is 5.97 Å². The molecule has 0 saturated heterocycles. The van der Waals surface area contributed by atoms with Gasteiger partial charge in [-0.05, 0) is 36.4 Å². The highest BCUT2D eigenvalue weighted by Gasteiger charge is 2.10. The van der Waals surface area contributed by atoms with Crippen LogP contribution in [-0.4, -0.2) is 32.6 Å². The summed E-state index contributed by atoms with van der Waals surface area (Å²) in [5.74, 6) is -0.271. The van der Waals surface area contributed by atoms with Crippen LogP contribution in [0.3, 0.4) is 0 Å². The molecule has 0 aliphatic carbocycles. The Morgan fingerprint density at radius 3 is 2.50 bits per heavy atom. The van der Waals surface area contributed by atoms with E-state index in [9.17, 15) is 9.59 Å². The summed E-state index contributed by atoms with van der Waals surface area (Å²) in [6, 6.07) is 10.4. The van der Waals surface area contributed by atoms with Gasteiger partial charge < -0.3 is 19.4 Å². The van der Waals surface area contributed by atoms with Crippen molar-refractivity contribution < 1.29 is 18.7 Å². The molecule has 2 rings (SSSR count). The number of rotatable bonds is 6. The second-order valence-electron chi connectivity index (χ2n) is 4.87. The monoisotopic (exact) mass is 302 g/mol. The van der Waals surface area contributed by atoms with E-state index in [1.165, 1.54) is 6.26 Å². The second kappa shape index (κ2) is 7.31. The van der Waals surface area contributed by atoms with Crippen LogP contribution in [0.5, 0.6) is 0 Å². The molecule has 0 saturated carbocycles. The van der Waals surface area contributed by atoms with Gasteiger partial charge in [0, 0.05) is 19.8 Å². The minimum absolute atomic E-state index is 0.265. The van der Waals surface area contributed by atoms with Gasteiger partial charge in [-0.25, -0.2) is 4.79 Å². The molecular weight excluding hydrogens is 284 g/mol. The SMILES string of the molecule is CN(C)c1ccc(C(=O)OCC(=O)NCc2ccco2)cc1. The maximum Gasteiger partial charge on any atom is 0.338 e. The molecule has 2 aromatic rings. The Balaban J connectivity index is 1.78. The Bertz CT molecular complexity index is 618. The average molecular weight is 302 g/mol. The van der Waals surface area contributed by atoms with Gasteiger partial charge in [0.15, 0.2) is 6.61 Å². The van der Waals surface area contributed by atoms with E-state index in [2.05, 4.69) is 5.32 Å². The zero-order chi connectivity index (χ0) is 15.9. The van der Waals surface area contributed by atoms with E-state index in [-0.39, 0.29) is 19.1 Å². The fraction of sp³-hybridized carbons (Fsp3) is 0.250. The Labute approximate surface area is 128 Å². The number of carbonyl (C=O) groups is 2. The molecule has 1 amide bonds. The highest BCUT2D eigenvalue weighted by molar-refractivity contribution is 5.91. The van der Waals surface area contributed by atoms with Crippen LogP contribution < -0.4 is 10.2 Å². The van der Waals surface area contributed by atoms with Crippen molar-refractivity contribution in [3.05, 3.63) is 54.0 Å². The van der Waals surface area contributed by atoms with Crippen molar-refractivity contribution in [1.82, 2.24) is 5.32 Å². The van der Waals surface area contributed by atoms with Crippen LogP contribution in [-0.2, 0) is 16.1 Å². The van der Waals surface area contributed by atoms with Crippen LogP contribution in [0.1, 0.15) is 16.1 Å². The predicted molar refractivity (Wildman–Crippen MR) is 81.6 cm³/mol. The van der Waals surface area contributed by atoms with E-state index in [1.54, 1.807) is 24.3 Å². The van der Waals surface area contributed by atoms with Crippen LogP contribution >= 0.6 is 0 Å². The van der Waals surface area contributed by atoms with Gasteiger partial charge in [-0.2, -0.15) is 0 Å². The Hall–Kier alpha value is -2.76. The second-order valence-corrected chi connectivity index (χ2v) is 4.87. The molecule has 0 atom stereocenters. The number of ether oxygens (including phenoxy) is 1. The molecule has 1 heterocycles. The van der Waals surface area contributed by atoms with Gasteiger partial charge in [-0.1, -0.05) is 0 Å². The van der Waals surface area contributed by atoms with E-state index in [4.69, 9.17) is 9.15 Å². The maximum atomic E-state index is 11.8. The van der Waals surface area contributed by atoms with Gasteiger partial charge in [0.1, 0.15) is 5.76 Å². The van der Waals surface area contributed by atoms with Crippen LogP contribution in [0.2, 0.25) is 0 Å². The number of carbonyl (C=O) groups excluding carboxylic acids is 2. The molecular formula is C16H18N2O4. The minimum atomic E-state index is -0.529. The van der Waals surface area contributed by atoms with E-state index in [0.29, 0.717) is 11.3 Å². The topological polar surface area (TPSA) is 71.8 Å². The lowest BCUT2D eigenvalue weighted by Crippen LogP contribution is -2.28. The number of nitrogens with one attached hydrogen (secondary N) is 1. The highest BCUT2D eigenvalue weighted by Crippen LogP contribution is 2.12. The number of hydrogen-bond acceptors (Lipinski definition) is 5. The van der Waals surface area contributed by atoms with Gasteiger partial charge in [0.25, 0.3) is 5.91 Å². The fourth-order valence-electron chi connectivity index (χ4n) is 1.76. The summed E-state index contributed by atoms with van der Waals surface area (Å²) in [7, 11) is 3.83. The molecule has 116 valence electrons. The number of esters is 1. The van der Waals surface area contributed by atoms with Crippen LogP contribution in [0, 0.1) is 0 Å². The zero-order valence-electron chi connectivity index (χ0n) is 12.5. The lowest BCUT2D eigenvalue weighted by molar-refractivity contribution is -0.124. The summed E-state index contributed by atoms with van der Waals surface area (Å²) in [6.45, 7) is -0.0596. The molecule has 0 bridgehead atoms. The fourth-order valence-corrected chi connectivity index (χ4v) is 1.76. The number of benzene rings is 1. The summed E-state index contributed by atoms with van der Waals surface area (Å²) in [6.07, 6.45) is 1.53. The van der Waals surface area contributed by atoms with Crippen molar-refractivity contribution in [1.29, 1.82) is 0 Å². The Morgan fingerprint density at radius 1 is 1.18 bits per heavy atom. The number of nitrogens with zero attached hydrogens (tertiary/aromatic N) is 1. The van der Waals surface area contributed by atoms with Gasteiger partial charge in [-0.15, -0.1) is 0 Å². The number of hydrogen-bond donors (Lipinski definition) is 1. The van der Waals surface area contributed by atoms with Gasteiger partial charge >= 0.3 is 5.97 Å². The van der Waals surface area contributed by atoms with Crippen LogP contribution in [0.4, 0.5) is 5.69 Å². The lowest BCUT2D eigenvalue weighted by atomic mass is 10.2. The normalized spacial score (nSPS) is 10.1. The van der Waals surface area contributed by atoms with E-state index >= 15 is 0 Å². The summed E-state index contributed by atoms with van der Waals surface area (Å²) in [5.41, 5.74) is 1.39. The molecule has 1 aromatic heterocycles. The summed E-state index contributed by atoms with van der Waals surface area (Å²) >= 11 is 0.